The first-order valence-electron chi connectivity index (χ1n) is 4.94. The summed E-state index contributed by atoms with van der Waals surface area (Å²) < 4.78 is 0. The van der Waals surface area contributed by atoms with Crippen LogP contribution in [0.1, 0.15) is 17.3 Å². The number of hydrogen-bond acceptors (Lipinski definition) is 3. The molecular formula is C13H11NO2. The topological polar surface area (TPSA) is 49.7 Å². The van der Waals surface area contributed by atoms with Gasteiger partial charge in [-0.15, -0.1) is 0 Å². The van der Waals surface area contributed by atoms with Gasteiger partial charge in [-0.05, 0) is 23.8 Å². The van der Waals surface area contributed by atoms with Crippen molar-refractivity contribution < 1.29 is 10.0 Å². The number of benzene rings is 2. The highest BCUT2D eigenvalue weighted by atomic mass is 16.4. The molecule has 0 atom stereocenters. The van der Waals surface area contributed by atoms with Crippen LogP contribution in [-0.4, -0.2) is 16.7 Å². The van der Waals surface area contributed by atoms with Crippen molar-refractivity contribution in [1.29, 1.82) is 0 Å². The summed E-state index contributed by atoms with van der Waals surface area (Å²) in [7, 11) is 0. The molecule has 0 aliphatic heterocycles. The molecule has 80 valence electrons. The minimum Gasteiger partial charge on any atom is -0.411 e. The van der Waals surface area contributed by atoms with Gasteiger partial charge in [-0.25, -0.2) is 0 Å². The summed E-state index contributed by atoms with van der Waals surface area (Å²) in [5.41, 5.74) is 0.629. The van der Waals surface area contributed by atoms with Crippen molar-refractivity contribution in [2.45, 2.75) is 6.92 Å². The predicted octanol–water partition coefficient (Wildman–Crippen LogP) is 2.87. The Morgan fingerprint density at radius 2 is 1.81 bits per heavy atom. The van der Waals surface area contributed by atoms with E-state index in [-0.39, 0.29) is 11.5 Å². The third kappa shape index (κ3) is 1.80. The number of ketones is 1. The lowest BCUT2D eigenvalue weighted by atomic mass is 10.0. The summed E-state index contributed by atoms with van der Waals surface area (Å²) in [6.45, 7) is 1.48. The summed E-state index contributed by atoms with van der Waals surface area (Å²) in [5, 5.41) is 13.5. The van der Waals surface area contributed by atoms with Crippen LogP contribution in [-0.2, 0) is 0 Å². The third-order valence-electron chi connectivity index (χ3n) is 2.49. The number of fused-ring (bicyclic) bond motifs is 1. The Kier molecular flexibility index (Phi) is 2.68. The molecule has 0 unspecified atom stereocenters. The lowest BCUT2D eigenvalue weighted by Crippen LogP contribution is -2.10. The lowest BCUT2D eigenvalue weighted by Gasteiger charge is -2.01. The molecule has 0 aromatic heterocycles. The van der Waals surface area contributed by atoms with Gasteiger partial charge >= 0.3 is 0 Å². The van der Waals surface area contributed by atoms with E-state index in [1.807, 2.05) is 30.3 Å². The Hall–Kier alpha value is -2.16. The van der Waals surface area contributed by atoms with Gasteiger partial charge in [-0.3, -0.25) is 4.79 Å². The Morgan fingerprint density at radius 3 is 2.50 bits per heavy atom. The fraction of sp³-hybridized carbons (Fsp3) is 0.0769. The number of oxime groups is 1. The van der Waals surface area contributed by atoms with Crippen molar-refractivity contribution in [1.82, 2.24) is 0 Å². The maximum Gasteiger partial charge on any atom is 0.210 e. The minimum atomic E-state index is -0.256. The van der Waals surface area contributed by atoms with Gasteiger partial charge < -0.3 is 5.21 Å². The molecule has 16 heavy (non-hydrogen) atoms. The number of Topliss-reactive ketones (excluding diaryl/α,β-unsaturated/α-hetero) is 1. The van der Waals surface area contributed by atoms with Gasteiger partial charge in [0.15, 0.2) is 0 Å². The van der Waals surface area contributed by atoms with Gasteiger partial charge in [0.05, 0.1) is 0 Å². The zero-order valence-corrected chi connectivity index (χ0v) is 8.84. The number of nitrogens with zero attached hydrogens (tertiary/aromatic N) is 1. The molecule has 2 aromatic rings. The first kappa shape index (κ1) is 10.4. The van der Waals surface area contributed by atoms with E-state index in [4.69, 9.17) is 5.21 Å². The van der Waals surface area contributed by atoms with E-state index in [1.54, 1.807) is 12.1 Å². The van der Waals surface area contributed by atoms with Crippen LogP contribution in [0, 0.1) is 0 Å². The van der Waals surface area contributed by atoms with Gasteiger partial charge in [-0.1, -0.05) is 41.6 Å². The molecule has 0 saturated heterocycles. The first-order valence-corrected chi connectivity index (χ1v) is 4.94. The number of hydrogen-bond donors (Lipinski definition) is 1. The van der Waals surface area contributed by atoms with E-state index in [1.165, 1.54) is 6.92 Å². The van der Waals surface area contributed by atoms with Crippen LogP contribution in [0.15, 0.2) is 47.6 Å². The van der Waals surface area contributed by atoms with E-state index in [0.717, 1.165) is 10.8 Å². The molecular weight excluding hydrogens is 202 g/mol. The zero-order valence-electron chi connectivity index (χ0n) is 8.84. The fourth-order valence-electron chi connectivity index (χ4n) is 1.58. The average molecular weight is 213 g/mol. The van der Waals surface area contributed by atoms with E-state index in [9.17, 15) is 4.79 Å². The van der Waals surface area contributed by atoms with Crippen molar-refractivity contribution in [3.05, 3.63) is 48.0 Å². The van der Waals surface area contributed by atoms with E-state index >= 15 is 0 Å². The number of carbonyl (C=O) groups excluding carboxylic acids is 1. The van der Waals surface area contributed by atoms with E-state index in [0.29, 0.717) is 5.56 Å². The van der Waals surface area contributed by atoms with E-state index < -0.39 is 0 Å². The van der Waals surface area contributed by atoms with Crippen molar-refractivity contribution in [2.75, 3.05) is 0 Å². The lowest BCUT2D eigenvalue weighted by molar-refractivity contribution is 0.106. The highest BCUT2D eigenvalue weighted by Crippen LogP contribution is 2.16. The molecule has 0 spiro atoms. The van der Waals surface area contributed by atoms with Crippen molar-refractivity contribution in [3.63, 3.8) is 0 Å². The van der Waals surface area contributed by atoms with Crippen LogP contribution in [0.2, 0.25) is 0 Å². The van der Waals surface area contributed by atoms with Gasteiger partial charge in [0.1, 0.15) is 5.71 Å². The second-order valence-electron chi connectivity index (χ2n) is 3.58. The predicted molar refractivity (Wildman–Crippen MR) is 63.2 cm³/mol. The standard InChI is InChI=1S/C13H11NO2/c1-9(14-16)13(15)12-7-6-10-4-2-3-5-11(10)8-12/h2-8,16H,1H3/b14-9+. The Balaban J connectivity index is 2.51. The SMILES string of the molecule is C/C(=N\O)C(=O)c1ccc2ccccc2c1. The summed E-state index contributed by atoms with van der Waals surface area (Å²) >= 11 is 0. The van der Waals surface area contributed by atoms with Crippen LogP contribution < -0.4 is 0 Å². The third-order valence-corrected chi connectivity index (χ3v) is 2.49. The molecule has 2 rings (SSSR count). The van der Waals surface area contributed by atoms with Crippen LogP contribution in [0.3, 0.4) is 0 Å². The summed E-state index contributed by atoms with van der Waals surface area (Å²) in [6, 6.07) is 13.2. The quantitative estimate of drug-likeness (QED) is 0.361. The van der Waals surface area contributed by atoms with Gasteiger partial charge in [0, 0.05) is 5.56 Å². The first-order chi connectivity index (χ1) is 7.72. The Labute approximate surface area is 93.0 Å². The molecule has 0 bridgehead atoms. The molecule has 3 heteroatoms. The van der Waals surface area contributed by atoms with Crippen LogP contribution in [0.4, 0.5) is 0 Å². The van der Waals surface area contributed by atoms with Gasteiger partial charge in [0.2, 0.25) is 5.78 Å². The Bertz CT molecular complexity index is 573. The van der Waals surface area contributed by atoms with Crippen molar-refractivity contribution in [3.8, 4) is 0 Å². The van der Waals surface area contributed by atoms with Crippen molar-refractivity contribution in [2.24, 2.45) is 5.16 Å². The molecule has 0 heterocycles. The van der Waals surface area contributed by atoms with Crippen LogP contribution in [0.5, 0.6) is 0 Å². The molecule has 0 saturated carbocycles. The highest BCUT2D eigenvalue weighted by molar-refractivity contribution is 6.45. The maximum atomic E-state index is 11.7. The summed E-state index contributed by atoms with van der Waals surface area (Å²) in [5.74, 6) is -0.256. The van der Waals surface area contributed by atoms with Gasteiger partial charge in [-0.2, -0.15) is 0 Å². The highest BCUT2D eigenvalue weighted by Gasteiger charge is 2.10. The average Bonchev–Trinajstić information content (AvgIpc) is 2.36. The van der Waals surface area contributed by atoms with E-state index in [2.05, 4.69) is 5.16 Å². The zero-order chi connectivity index (χ0) is 11.5. The maximum absolute atomic E-state index is 11.7. The minimum absolute atomic E-state index is 0.0929. The molecule has 0 amide bonds. The second-order valence-corrected chi connectivity index (χ2v) is 3.58. The summed E-state index contributed by atoms with van der Waals surface area (Å²) in [6.07, 6.45) is 0. The fourth-order valence-corrected chi connectivity index (χ4v) is 1.58. The van der Waals surface area contributed by atoms with Crippen molar-refractivity contribution >= 4 is 22.3 Å². The molecule has 0 aliphatic rings. The Morgan fingerprint density at radius 1 is 1.12 bits per heavy atom. The largest absolute Gasteiger partial charge is 0.411 e. The smallest absolute Gasteiger partial charge is 0.210 e. The monoisotopic (exact) mass is 213 g/mol. The second kappa shape index (κ2) is 4.14. The molecule has 2 aromatic carbocycles. The summed E-state index contributed by atoms with van der Waals surface area (Å²) in [4.78, 5) is 11.7. The normalized spacial score (nSPS) is 11.7. The van der Waals surface area contributed by atoms with Crippen LogP contribution >= 0.6 is 0 Å². The number of carbonyl (C=O) groups is 1. The molecule has 0 aliphatic carbocycles. The molecule has 3 nitrogen and oxygen atoms in total. The van der Waals surface area contributed by atoms with Gasteiger partial charge in [0.25, 0.3) is 0 Å². The number of rotatable bonds is 2. The molecule has 1 N–H and O–H groups in total. The van der Waals surface area contributed by atoms with Crippen LogP contribution in [0.25, 0.3) is 10.8 Å². The molecule has 0 fully saturated rings. The molecule has 0 radical (unpaired) electrons.